The summed E-state index contributed by atoms with van der Waals surface area (Å²) in [6.45, 7) is 4.27. The highest BCUT2D eigenvalue weighted by Crippen LogP contribution is 2.33. The molecule has 0 bridgehead atoms. The second-order valence-corrected chi connectivity index (χ2v) is 7.43. The van der Waals surface area contributed by atoms with Crippen molar-refractivity contribution in [1.82, 2.24) is 19.4 Å². The molecule has 122 valence electrons. The summed E-state index contributed by atoms with van der Waals surface area (Å²) >= 11 is 3.59. The third-order valence-electron chi connectivity index (χ3n) is 4.62. The molecule has 2 heterocycles. The molecule has 5 heteroatoms. The van der Waals surface area contributed by atoms with Crippen molar-refractivity contribution in [3.8, 4) is 0 Å². The van der Waals surface area contributed by atoms with Gasteiger partial charge in [0, 0.05) is 9.86 Å². The van der Waals surface area contributed by atoms with E-state index in [1.807, 2.05) is 0 Å². The van der Waals surface area contributed by atoms with E-state index in [1.54, 1.807) is 0 Å². The number of hydrogen-bond acceptors (Lipinski definition) is 3. The second-order valence-electron chi connectivity index (χ2n) is 6.51. The van der Waals surface area contributed by atoms with Gasteiger partial charge in [-0.15, -0.1) is 0 Å². The molecule has 4 nitrogen and oxygen atoms in total. The van der Waals surface area contributed by atoms with Crippen LogP contribution in [0, 0.1) is 6.92 Å². The Morgan fingerprint density at radius 1 is 1.04 bits per heavy atom. The van der Waals surface area contributed by atoms with Crippen molar-refractivity contribution in [2.45, 2.75) is 20.0 Å². The maximum Gasteiger partial charge on any atom is 0.161 e. The van der Waals surface area contributed by atoms with Crippen LogP contribution < -0.4 is 0 Å². The van der Waals surface area contributed by atoms with Crippen molar-refractivity contribution in [1.29, 1.82) is 0 Å². The molecule has 0 fully saturated rings. The summed E-state index contributed by atoms with van der Waals surface area (Å²) in [4.78, 5) is 12.1. The van der Waals surface area contributed by atoms with Crippen LogP contribution in [0.25, 0.3) is 33.1 Å². The zero-order valence-corrected chi connectivity index (χ0v) is 15.8. The van der Waals surface area contributed by atoms with Gasteiger partial charge in [0.05, 0.1) is 22.7 Å². The lowest BCUT2D eigenvalue weighted by Crippen LogP contribution is -2.22. The lowest BCUT2D eigenvalue weighted by Gasteiger charge is -2.23. The van der Waals surface area contributed by atoms with E-state index in [-0.39, 0.29) is 6.17 Å². The van der Waals surface area contributed by atoms with Gasteiger partial charge in [-0.1, -0.05) is 22.0 Å². The van der Waals surface area contributed by atoms with Gasteiger partial charge < -0.3 is 4.57 Å². The van der Waals surface area contributed by atoms with Gasteiger partial charge >= 0.3 is 0 Å². The molecule has 0 N–H and O–H groups in total. The van der Waals surface area contributed by atoms with Crippen LogP contribution in [0.2, 0.25) is 0 Å². The first-order valence-corrected chi connectivity index (χ1v) is 8.79. The summed E-state index contributed by atoms with van der Waals surface area (Å²) in [5, 5.41) is 1.13. The predicted molar refractivity (Wildman–Crippen MR) is 103 cm³/mol. The average molecular weight is 383 g/mol. The Morgan fingerprint density at radius 2 is 1.83 bits per heavy atom. The Balaban J connectivity index is 2.20. The van der Waals surface area contributed by atoms with Crippen LogP contribution in [0.3, 0.4) is 0 Å². The van der Waals surface area contributed by atoms with Crippen LogP contribution in [0.5, 0.6) is 0 Å². The number of aromatic nitrogens is 3. The molecule has 1 unspecified atom stereocenters. The van der Waals surface area contributed by atoms with Crippen molar-refractivity contribution in [3.63, 3.8) is 0 Å². The van der Waals surface area contributed by atoms with Gasteiger partial charge in [-0.2, -0.15) is 0 Å². The quantitative estimate of drug-likeness (QED) is 0.494. The maximum absolute atomic E-state index is 4.95. The Kier molecular flexibility index (Phi) is 3.58. The van der Waals surface area contributed by atoms with E-state index < -0.39 is 0 Å². The van der Waals surface area contributed by atoms with Crippen molar-refractivity contribution in [2.24, 2.45) is 0 Å². The highest BCUT2D eigenvalue weighted by molar-refractivity contribution is 9.10. The Hall–Kier alpha value is -1.98. The molecule has 1 atom stereocenters. The van der Waals surface area contributed by atoms with Gasteiger partial charge in [0.15, 0.2) is 5.65 Å². The van der Waals surface area contributed by atoms with Gasteiger partial charge in [-0.3, -0.25) is 4.90 Å². The number of aryl methyl sites for hydroxylation is 1. The van der Waals surface area contributed by atoms with Gasteiger partial charge in [-0.25, -0.2) is 9.97 Å². The van der Waals surface area contributed by atoms with Gasteiger partial charge in [0.25, 0.3) is 0 Å². The van der Waals surface area contributed by atoms with E-state index in [4.69, 9.17) is 9.97 Å². The van der Waals surface area contributed by atoms with E-state index in [9.17, 15) is 0 Å². The molecule has 2 aromatic carbocycles. The fraction of sp³-hybridized carbons (Fsp3) is 0.263. The largest absolute Gasteiger partial charge is 0.308 e. The molecule has 0 amide bonds. The number of nitrogens with zero attached hydrogens (tertiary/aromatic N) is 4. The zero-order valence-electron chi connectivity index (χ0n) is 14.2. The Labute approximate surface area is 149 Å². The lowest BCUT2D eigenvalue weighted by atomic mass is 10.2. The molecular weight excluding hydrogens is 364 g/mol. The summed E-state index contributed by atoms with van der Waals surface area (Å²) in [6.07, 6.45) is 0.184. The van der Waals surface area contributed by atoms with E-state index in [1.165, 1.54) is 5.56 Å². The van der Waals surface area contributed by atoms with E-state index in [0.717, 1.165) is 37.6 Å². The molecular formula is C19H19BrN4. The highest BCUT2D eigenvalue weighted by atomic mass is 79.9. The lowest BCUT2D eigenvalue weighted by molar-refractivity contribution is 0.249. The summed E-state index contributed by atoms with van der Waals surface area (Å²) in [6, 6.07) is 12.6. The minimum atomic E-state index is 0.184. The normalized spacial score (nSPS) is 13.4. The standard InChI is InChI=1S/C19H19BrN4/c1-11-5-7-15-16(9-11)21-18-14-10-13(20)6-8-17(14)24(19(18)22-15)12(2)23(3)4/h5-10,12H,1-4H3. The van der Waals surface area contributed by atoms with E-state index in [2.05, 4.69) is 89.7 Å². The van der Waals surface area contributed by atoms with E-state index >= 15 is 0 Å². The van der Waals surface area contributed by atoms with Crippen molar-refractivity contribution >= 4 is 49.0 Å². The number of hydrogen-bond donors (Lipinski definition) is 0. The van der Waals surface area contributed by atoms with Gasteiger partial charge in [-0.05, 0) is 63.8 Å². The average Bonchev–Trinajstić information content (AvgIpc) is 2.84. The molecule has 24 heavy (non-hydrogen) atoms. The first-order valence-electron chi connectivity index (χ1n) is 7.99. The second kappa shape index (κ2) is 5.53. The topological polar surface area (TPSA) is 34.0 Å². The number of rotatable bonds is 2. The zero-order chi connectivity index (χ0) is 17.0. The molecule has 0 saturated heterocycles. The van der Waals surface area contributed by atoms with E-state index in [0.29, 0.717) is 0 Å². The molecule has 0 aliphatic heterocycles. The SMILES string of the molecule is Cc1ccc2nc3c(nc2c1)c1cc(Br)ccc1n3C(C)N(C)C. The Bertz CT molecular complexity index is 1080. The summed E-state index contributed by atoms with van der Waals surface area (Å²) < 4.78 is 3.32. The predicted octanol–water partition coefficient (Wildman–Crippen LogP) is 4.89. The minimum Gasteiger partial charge on any atom is -0.308 e. The molecule has 0 radical (unpaired) electrons. The van der Waals surface area contributed by atoms with Crippen LogP contribution in [0.4, 0.5) is 0 Å². The molecule has 2 aromatic heterocycles. The van der Waals surface area contributed by atoms with Crippen LogP contribution >= 0.6 is 15.9 Å². The maximum atomic E-state index is 4.95. The third kappa shape index (κ3) is 2.31. The summed E-state index contributed by atoms with van der Waals surface area (Å²) in [5.41, 5.74) is 6.11. The van der Waals surface area contributed by atoms with Crippen LogP contribution in [-0.2, 0) is 0 Å². The summed E-state index contributed by atoms with van der Waals surface area (Å²) in [5.74, 6) is 0. The number of benzene rings is 2. The molecule has 0 saturated carbocycles. The first-order chi connectivity index (χ1) is 11.5. The van der Waals surface area contributed by atoms with Crippen LogP contribution in [-0.4, -0.2) is 33.5 Å². The molecule has 0 aliphatic carbocycles. The van der Waals surface area contributed by atoms with Crippen molar-refractivity contribution < 1.29 is 0 Å². The monoisotopic (exact) mass is 382 g/mol. The van der Waals surface area contributed by atoms with Crippen LogP contribution in [0.15, 0.2) is 40.9 Å². The molecule has 0 aliphatic rings. The summed E-state index contributed by atoms with van der Waals surface area (Å²) in [7, 11) is 4.16. The molecule has 0 spiro atoms. The number of fused-ring (bicyclic) bond motifs is 4. The van der Waals surface area contributed by atoms with Crippen molar-refractivity contribution in [3.05, 3.63) is 46.4 Å². The highest BCUT2D eigenvalue weighted by Gasteiger charge is 2.19. The van der Waals surface area contributed by atoms with Gasteiger partial charge in [0.1, 0.15) is 5.52 Å². The molecule has 4 rings (SSSR count). The molecule has 4 aromatic rings. The fourth-order valence-corrected chi connectivity index (χ4v) is 3.50. The van der Waals surface area contributed by atoms with Gasteiger partial charge in [0.2, 0.25) is 0 Å². The number of halogens is 1. The Morgan fingerprint density at radius 3 is 2.58 bits per heavy atom. The van der Waals surface area contributed by atoms with Crippen molar-refractivity contribution in [2.75, 3.05) is 14.1 Å². The smallest absolute Gasteiger partial charge is 0.161 e. The first kappa shape index (κ1) is 15.5. The van der Waals surface area contributed by atoms with Crippen LogP contribution in [0.1, 0.15) is 18.7 Å². The third-order valence-corrected chi connectivity index (χ3v) is 5.12. The minimum absolute atomic E-state index is 0.184. The fourth-order valence-electron chi connectivity index (χ4n) is 3.13.